The summed E-state index contributed by atoms with van der Waals surface area (Å²) < 4.78 is 5.74. The maximum Gasteiger partial charge on any atom is 0.328 e. The smallest absolute Gasteiger partial charge is 0.328 e. The van der Waals surface area contributed by atoms with Gasteiger partial charge in [-0.2, -0.15) is 0 Å². The number of ether oxygens (including phenoxy) is 1. The SMILES string of the molecule is O=C(O)/C=C/c1cccc(NC(=O)C2CC=C(c3ccc(Cl)cc3)O2)c1. The van der Waals surface area contributed by atoms with Gasteiger partial charge in [-0.15, -0.1) is 0 Å². The molecule has 0 aliphatic carbocycles. The van der Waals surface area contributed by atoms with E-state index in [4.69, 9.17) is 21.4 Å². The fourth-order valence-electron chi connectivity index (χ4n) is 2.53. The molecule has 2 N–H and O–H groups in total. The van der Waals surface area contributed by atoms with Crippen molar-refractivity contribution in [1.82, 2.24) is 0 Å². The number of hydrogen-bond donors (Lipinski definition) is 2. The number of hydrogen-bond acceptors (Lipinski definition) is 3. The number of nitrogens with one attached hydrogen (secondary N) is 1. The summed E-state index contributed by atoms with van der Waals surface area (Å²) >= 11 is 5.88. The Morgan fingerprint density at radius 2 is 1.96 bits per heavy atom. The van der Waals surface area contributed by atoms with Crippen molar-refractivity contribution in [2.45, 2.75) is 12.5 Å². The van der Waals surface area contributed by atoms with Crippen LogP contribution in [0.25, 0.3) is 11.8 Å². The van der Waals surface area contributed by atoms with Crippen LogP contribution >= 0.6 is 11.6 Å². The van der Waals surface area contributed by atoms with Crippen molar-refractivity contribution in [2.75, 3.05) is 5.32 Å². The van der Waals surface area contributed by atoms with E-state index >= 15 is 0 Å². The molecular weight excluding hydrogens is 354 g/mol. The lowest BCUT2D eigenvalue weighted by atomic mass is 10.1. The summed E-state index contributed by atoms with van der Waals surface area (Å²) in [6.45, 7) is 0. The molecule has 1 aliphatic rings. The molecule has 0 saturated heterocycles. The second-order valence-electron chi connectivity index (χ2n) is 5.70. The molecule has 0 bridgehead atoms. The number of carbonyl (C=O) groups is 2. The van der Waals surface area contributed by atoms with E-state index in [2.05, 4.69) is 5.32 Å². The van der Waals surface area contributed by atoms with Gasteiger partial charge in [0.25, 0.3) is 5.91 Å². The van der Waals surface area contributed by atoms with Crippen molar-refractivity contribution in [2.24, 2.45) is 0 Å². The first-order valence-corrected chi connectivity index (χ1v) is 8.34. The quantitative estimate of drug-likeness (QED) is 0.774. The first-order valence-electron chi connectivity index (χ1n) is 7.96. The Morgan fingerprint density at radius 1 is 1.19 bits per heavy atom. The highest BCUT2D eigenvalue weighted by Gasteiger charge is 2.26. The van der Waals surface area contributed by atoms with Crippen LogP contribution < -0.4 is 5.32 Å². The number of anilines is 1. The summed E-state index contributed by atoms with van der Waals surface area (Å²) in [4.78, 5) is 23.0. The molecule has 2 aromatic rings. The minimum absolute atomic E-state index is 0.260. The van der Waals surface area contributed by atoms with Gasteiger partial charge in [0.2, 0.25) is 0 Å². The number of aliphatic carboxylic acids is 1. The third kappa shape index (κ3) is 4.52. The zero-order valence-corrected chi connectivity index (χ0v) is 14.4. The maximum atomic E-state index is 12.4. The van der Waals surface area contributed by atoms with E-state index in [1.807, 2.05) is 18.2 Å². The molecule has 6 heteroatoms. The summed E-state index contributed by atoms with van der Waals surface area (Å²) in [6.07, 6.45) is 4.24. The Morgan fingerprint density at radius 3 is 2.69 bits per heavy atom. The molecule has 1 aliphatic heterocycles. The molecule has 3 rings (SSSR count). The van der Waals surface area contributed by atoms with Gasteiger partial charge in [-0.1, -0.05) is 23.7 Å². The standard InChI is InChI=1S/C20H16ClNO4/c21-15-7-5-14(6-8-15)17-9-10-18(26-17)20(25)22-16-3-1-2-13(12-16)4-11-19(23)24/h1-9,11-12,18H,10H2,(H,22,25)(H,23,24)/b11-4+. The van der Waals surface area contributed by atoms with Crippen LogP contribution in [0.5, 0.6) is 0 Å². The molecule has 132 valence electrons. The number of carbonyl (C=O) groups excluding carboxylic acids is 1. The Kier molecular flexibility index (Phi) is 5.39. The third-order valence-corrected chi connectivity index (χ3v) is 4.03. The summed E-state index contributed by atoms with van der Waals surface area (Å²) in [5.41, 5.74) is 2.12. The van der Waals surface area contributed by atoms with Gasteiger partial charge < -0.3 is 15.2 Å². The largest absolute Gasteiger partial charge is 0.480 e. The number of halogens is 1. The summed E-state index contributed by atoms with van der Waals surface area (Å²) in [5.74, 6) is -0.635. The van der Waals surface area contributed by atoms with E-state index < -0.39 is 12.1 Å². The van der Waals surface area contributed by atoms with Gasteiger partial charge in [0, 0.05) is 28.8 Å². The predicted octanol–water partition coefficient (Wildman–Crippen LogP) is 4.21. The summed E-state index contributed by atoms with van der Waals surface area (Å²) in [5, 5.41) is 12.1. The van der Waals surface area contributed by atoms with Crippen LogP contribution in [0.15, 0.2) is 60.7 Å². The molecule has 2 aromatic carbocycles. The number of carboxylic acids is 1. The Bertz CT molecular complexity index is 887. The molecule has 26 heavy (non-hydrogen) atoms. The molecule has 1 atom stereocenters. The Hall–Kier alpha value is -3.05. The number of carboxylic acid groups (broad SMARTS) is 1. The van der Waals surface area contributed by atoms with Gasteiger partial charge in [-0.3, -0.25) is 4.79 Å². The molecule has 1 unspecified atom stereocenters. The minimum Gasteiger partial charge on any atom is -0.480 e. The number of benzene rings is 2. The van der Waals surface area contributed by atoms with Gasteiger partial charge in [-0.25, -0.2) is 4.79 Å². The van der Waals surface area contributed by atoms with Gasteiger partial charge in [0.15, 0.2) is 6.10 Å². The van der Waals surface area contributed by atoms with E-state index in [1.54, 1.807) is 36.4 Å². The Labute approximate surface area is 155 Å². The van der Waals surface area contributed by atoms with E-state index in [9.17, 15) is 9.59 Å². The van der Waals surface area contributed by atoms with Crippen molar-refractivity contribution < 1.29 is 19.4 Å². The highest BCUT2D eigenvalue weighted by molar-refractivity contribution is 6.30. The minimum atomic E-state index is -1.03. The lowest BCUT2D eigenvalue weighted by Gasteiger charge is -2.14. The van der Waals surface area contributed by atoms with Gasteiger partial charge in [-0.05, 0) is 54.1 Å². The van der Waals surface area contributed by atoms with Crippen LogP contribution in [-0.2, 0) is 14.3 Å². The van der Waals surface area contributed by atoms with Crippen molar-refractivity contribution in [3.63, 3.8) is 0 Å². The molecule has 0 radical (unpaired) electrons. The van der Waals surface area contributed by atoms with Crippen LogP contribution in [0.4, 0.5) is 5.69 Å². The lowest BCUT2D eigenvalue weighted by Crippen LogP contribution is -2.27. The molecule has 0 fully saturated rings. The molecule has 1 heterocycles. The van der Waals surface area contributed by atoms with Crippen LogP contribution in [0, 0.1) is 0 Å². The maximum absolute atomic E-state index is 12.4. The Balaban J connectivity index is 1.62. The average molecular weight is 370 g/mol. The van der Waals surface area contributed by atoms with Crippen molar-refractivity contribution in [3.05, 3.63) is 76.8 Å². The third-order valence-electron chi connectivity index (χ3n) is 3.78. The monoisotopic (exact) mass is 369 g/mol. The van der Waals surface area contributed by atoms with Crippen LogP contribution in [0.1, 0.15) is 17.5 Å². The average Bonchev–Trinajstić information content (AvgIpc) is 3.11. The summed E-state index contributed by atoms with van der Waals surface area (Å²) in [6, 6.07) is 14.1. The van der Waals surface area contributed by atoms with E-state index in [0.717, 1.165) is 11.6 Å². The molecular formula is C20H16ClNO4. The van der Waals surface area contributed by atoms with Crippen molar-refractivity contribution >= 4 is 41.0 Å². The van der Waals surface area contributed by atoms with E-state index in [-0.39, 0.29) is 5.91 Å². The fourth-order valence-corrected chi connectivity index (χ4v) is 2.66. The van der Waals surface area contributed by atoms with Crippen molar-refractivity contribution in [1.29, 1.82) is 0 Å². The van der Waals surface area contributed by atoms with Gasteiger partial charge in [0.1, 0.15) is 5.76 Å². The zero-order valence-electron chi connectivity index (χ0n) is 13.7. The topological polar surface area (TPSA) is 75.6 Å². The number of rotatable bonds is 5. The predicted molar refractivity (Wildman–Crippen MR) is 101 cm³/mol. The second-order valence-corrected chi connectivity index (χ2v) is 6.14. The van der Waals surface area contributed by atoms with E-state index in [0.29, 0.717) is 28.5 Å². The van der Waals surface area contributed by atoms with Crippen LogP contribution in [0.3, 0.4) is 0 Å². The zero-order chi connectivity index (χ0) is 18.5. The fraction of sp³-hybridized carbons (Fsp3) is 0.100. The molecule has 0 aromatic heterocycles. The van der Waals surface area contributed by atoms with Crippen molar-refractivity contribution in [3.8, 4) is 0 Å². The first kappa shape index (κ1) is 17.8. The highest BCUT2D eigenvalue weighted by Crippen LogP contribution is 2.28. The second kappa shape index (κ2) is 7.89. The van der Waals surface area contributed by atoms with Gasteiger partial charge >= 0.3 is 5.97 Å². The van der Waals surface area contributed by atoms with Crippen LogP contribution in [0.2, 0.25) is 5.02 Å². The van der Waals surface area contributed by atoms with Gasteiger partial charge in [0.05, 0.1) is 0 Å². The van der Waals surface area contributed by atoms with E-state index in [1.165, 1.54) is 6.08 Å². The summed E-state index contributed by atoms with van der Waals surface area (Å²) in [7, 11) is 0. The molecule has 0 saturated carbocycles. The first-order chi connectivity index (χ1) is 12.5. The molecule has 5 nitrogen and oxygen atoms in total. The van der Waals surface area contributed by atoms with Crippen LogP contribution in [-0.4, -0.2) is 23.1 Å². The normalized spacial score (nSPS) is 16.2. The lowest BCUT2D eigenvalue weighted by molar-refractivity contribution is -0.131. The number of amides is 1. The highest BCUT2D eigenvalue weighted by atomic mass is 35.5. The molecule has 1 amide bonds. The molecule has 0 spiro atoms.